The van der Waals surface area contributed by atoms with Crippen LogP contribution in [0.4, 0.5) is 0 Å². The number of hydrogen-bond donors (Lipinski definition) is 2. The third-order valence-corrected chi connectivity index (χ3v) is 3.02. The molecular formula is C11H21NO. The molecule has 2 nitrogen and oxygen atoms in total. The molecule has 1 fully saturated rings. The zero-order valence-electron chi connectivity index (χ0n) is 8.39. The SMILES string of the molecule is C=CCCNCC1(CO)CCCC1. The molecule has 2 heteroatoms. The van der Waals surface area contributed by atoms with Crippen LogP contribution >= 0.6 is 0 Å². The van der Waals surface area contributed by atoms with E-state index in [2.05, 4.69) is 11.9 Å². The number of aliphatic hydroxyl groups is 1. The molecule has 0 unspecified atom stereocenters. The highest BCUT2D eigenvalue weighted by molar-refractivity contribution is 4.86. The molecule has 0 spiro atoms. The highest BCUT2D eigenvalue weighted by atomic mass is 16.3. The highest BCUT2D eigenvalue weighted by Crippen LogP contribution is 2.36. The van der Waals surface area contributed by atoms with Crippen LogP contribution in [0.1, 0.15) is 32.1 Å². The van der Waals surface area contributed by atoms with Gasteiger partial charge in [-0.3, -0.25) is 0 Å². The van der Waals surface area contributed by atoms with Gasteiger partial charge in [-0.2, -0.15) is 0 Å². The maximum Gasteiger partial charge on any atom is 0.0499 e. The Kier molecular flexibility index (Phi) is 4.46. The van der Waals surface area contributed by atoms with Crippen molar-refractivity contribution in [2.24, 2.45) is 5.41 Å². The maximum atomic E-state index is 9.31. The van der Waals surface area contributed by atoms with Crippen molar-refractivity contribution in [3.8, 4) is 0 Å². The average Bonchev–Trinajstić information content (AvgIpc) is 2.62. The second-order valence-corrected chi connectivity index (χ2v) is 4.12. The highest BCUT2D eigenvalue weighted by Gasteiger charge is 2.32. The molecule has 0 aliphatic heterocycles. The van der Waals surface area contributed by atoms with E-state index in [1.54, 1.807) is 0 Å². The molecule has 1 rings (SSSR count). The zero-order valence-corrected chi connectivity index (χ0v) is 8.39. The maximum absolute atomic E-state index is 9.31. The largest absolute Gasteiger partial charge is 0.396 e. The van der Waals surface area contributed by atoms with E-state index < -0.39 is 0 Å². The van der Waals surface area contributed by atoms with E-state index >= 15 is 0 Å². The van der Waals surface area contributed by atoms with Crippen LogP contribution in [0.2, 0.25) is 0 Å². The van der Waals surface area contributed by atoms with Crippen molar-refractivity contribution in [1.29, 1.82) is 0 Å². The molecule has 1 aliphatic rings. The molecule has 0 bridgehead atoms. The average molecular weight is 183 g/mol. The Bertz CT molecular complexity index is 150. The third-order valence-electron chi connectivity index (χ3n) is 3.02. The van der Waals surface area contributed by atoms with E-state index in [9.17, 15) is 5.11 Å². The van der Waals surface area contributed by atoms with Gasteiger partial charge in [0.2, 0.25) is 0 Å². The van der Waals surface area contributed by atoms with Gasteiger partial charge < -0.3 is 10.4 Å². The lowest BCUT2D eigenvalue weighted by Gasteiger charge is -2.26. The van der Waals surface area contributed by atoms with Crippen molar-refractivity contribution < 1.29 is 5.11 Å². The van der Waals surface area contributed by atoms with Crippen molar-refractivity contribution in [1.82, 2.24) is 5.32 Å². The van der Waals surface area contributed by atoms with Gasteiger partial charge >= 0.3 is 0 Å². The Morgan fingerprint density at radius 2 is 2.08 bits per heavy atom. The first kappa shape index (κ1) is 10.7. The molecule has 0 saturated heterocycles. The Hall–Kier alpha value is -0.340. The summed E-state index contributed by atoms with van der Waals surface area (Å²) in [5.74, 6) is 0. The number of hydrogen-bond acceptors (Lipinski definition) is 2. The van der Waals surface area contributed by atoms with Crippen molar-refractivity contribution >= 4 is 0 Å². The number of aliphatic hydroxyl groups excluding tert-OH is 1. The van der Waals surface area contributed by atoms with Gasteiger partial charge in [-0.05, 0) is 25.8 Å². The quantitative estimate of drug-likeness (QED) is 0.485. The summed E-state index contributed by atoms with van der Waals surface area (Å²) in [5.41, 5.74) is 0.196. The van der Waals surface area contributed by atoms with Gasteiger partial charge in [0.1, 0.15) is 0 Å². The van der Waals surface area contributed by atoms with Crippen LogP contribution in [0.25, 0.3) is 0 Å². The van der Waals surface area contributed by atoms with E-state index in [1.807, 2.05) is 6.08 Å². The predicted octanol–water partition coefficient (Wildman–Crippen LogP) is 1.70. The molecule has 0 aromatic carbocycles. The molecule has 0 heterocycles. The minimum atomic E-state index is 0.196. The molecule has 1 saturated carbocycles. The molecule has 1 aliphatic carbocycles. The normalized spacial score (nSPS) is 20.4. The van der Waals surface area contributed by atoms with Crippen LogP contribution in [-0.2, 0) is 0 Å². The van der Waals surface area contributed by atoms with Gasteiger partial charge in [-0.1, -0.05) is 18.9 Å². The van der Waals surface area contributed by atoms with Gasteiger partial charge in [0.15, 0.2) is 0 Å². The molecule has 76 valence electrons. The minimum Gasteiger partial charge on any atom is -0.396 e. The second-order valence-electron chi connectivity index (χ2n) is 4.12. The molecule has 2 N–H and O–H groups in total. The lowest BCUT2D eigenvalue weighted by molar-refractivity contribution is 0.129. The summed E-state index contributed by atoms with van der Waals surface area (Å²) in [6.45, 7) is 5.98. The van der Waals surface area contributed by atoms with E-state index in [0.29, 0.717) is 6.61 Å². The third kappa shape index (κ3) is 3.12. The van der Waals surface area contributed by atoms with Crippen LogP contribution in [0, 0.1) is 5.41 Å². The molecule has 0 amide bonds. The molecule has 0 aromatic rings. The van der Waals surface area contributed by atoms with Crippen LogP contribution in [0.5, 0.6) is 0 Å². The Morgan fingerprint density at radius 3 is 2.62 bits per heavy atom. The summed E-state index contributed by atoms with van der Waals surface area (Å²) in [4.78, 5) is 0. The predicted molar refractivity (Wildman–Crippen MR) is 55.7 cm³/mol. The Labute approximate surface area is 81.0 Å². The minimum absolute atomic E-state index is 0.196. The first-order valence-corrected chi connectivity index (χ1v) is 5.25. The van der Waals surface area contributed by atoms with Gasteiger partial charge in [-0.15, -0.1) is 6.58 Å². The fourth-order valence-electron chi connectivity index (χ4n) is 2.07. The van der Waals surface area contributed by atoms with E-state index in [4.69, 9.17) is 0 Å². The van der Waals surface area contributed by atoms with Crippen LogP contribution in [0.15, 0.2) is 12.7 Å². The molecule has 0 aromatic heterocycles. The van der Waals surface area contributed by atoms with Gasteiger partial charge in [0.05, 0.1) is 0 Å². The van der Waals surface area contributed by atoms with Gasteiger partial charge in [0.25, 0.3) is 0 Å². The van der Waals surface area contributed by atoms with Crippen LogP contribution in [-0.4, -0.2) is 24.8 Å². The molecule has 13 heavy (non-hydrogen) atoms. The second kappa shape index (κ2) is 5.40. The summed E-state index contributed by atoms with van der Waals surface area (Å²) in [7, 11) is 0. The van der Waals surface area contributed by atoms with E-state index in [1.165, 1.54) is 25.7 Å². The van der Waals surface area contributed by atoms with Crippen LogP contribution in [0.3, 0.4) is 0 Å². The standard InChI is InChI=1S/C11H21NO/c1-2-3-8-12-9-11(10-13)6-4-5-7-11/h2,12-13H,1,3-10H2. The molecule has 0 atom stereocenters. The van der Waals surface area contributed by atoms with Crippen molar-refractivity contribution in [2.45, 2.75) is 32.1 Å². The number of nitrogens with one attached hydrogen (secondary N) is 1. The Balaban J connectivity index is 2.19. The topological polar surface area (TPSA) is 32.3 Å². The zero-order chi connectivity index (χ0) is 9.57. The number of rotatable bonds is 6. The van der Waals surface area contributed by atoms with E-state index in [-0.39, 0.29) is 5.41 Å². The monoisotopic (exact) mass is 183 g/mol. The van der Waals surface area contributed by atoms with Crippen molar-refractivity contribution in [2.75, 3.05) is 19.7 Å². The summed E-state index contributed by atoms with van der Waals surface area (Å²) >= 11 is 0. The molecular weight excluding hydrogens is 162 g/mol. The molecule has 0 radical (unpaired) electrons. The summed E-state index contributed by atoms with van der Waals surface area (Å²) in [5, 5.41) is 12.7. The smallest absolute Gasteiger partial charge is 0.0499 e. The summed E-state index contributed by atoms with van der Waals surface area (Å²) in [6, 6.07) is 0. The first-order valence-electron chi connectivity index (χ1n) is 5.25. The van der Waals surface area contributed by atoms with Crippen molar-refractivity contribution in [3.05, 3.63) is 12.7 Å². The van der Waals surface area contributed by atoms with Gasteiger partial charge in [-0.25, -0.2) is 0 Å². The van der Waals surface area contributed by atoms with Crippen molar-refractivity contribution in [3.63, 3.8) is 0 Å². The first-order chi connectivity index (χ1) is 6.33. The van der Waals surface area contributed by atoms with E-state index in [0.717, 1.165) is 19.5 Å². The van der Waals surface area contributed by atoms with Gasteiger partial charge in [0, 0.05) is 18.6 Å². The Morgan fingerprint density at radius 1 is 1.38 bits per heavy atom. The fourth-order valence-corrected chi connectivity index (χ4v) is 2.07. The fraction of sp³-hybridized carbons (Fsp3) is 0.818. The summed E-state index contributed by atoms with van der Waals surface area (Å²) < 4.78 is 0. The lowest BCUT2D eigenvalue weighted by Crippen LogP contribution is -2.35. The lowest BCUT2D eigenvalue weighted by atomic mass is 9.87. The van der Waals surface area contributed by atoms with Crippen LogP contribution < -0.4 is 5.32 Å². The summed E-state index contributed by atoms with van der Waals surface area (Å²) in [6.07, 6.45) is 7.87.